The van der Waals surface area contributed by atoms with Crippen LogP contribution in [0.5, 0.6) is 0 Å². The predicted molar refractivity (Wildman–Crippen MR) is 121 cm³/mol. The van der Waals surface area contributed by atoms with Gasteiger partial charge in [-0.15, -0.1) is 0 Å². The van der Waals surface area contributed by atoms with Crippen molar-refractivity contribution >= 4 is 40.8 Å². The SMILES string of the molecule is Cc1nn(-c2ccccc2Cl)c(Cl)c1C=NN(c1ccccc1)c1ccccc1. The van der Waals surface area contributed by atoms with Gasteiger partial charge in [-0.2, -0.15) is 10.2 Å². The van der Waals surface area contributed by atoms with Gasteiger partial charge >= 0.3 is 0 Å². The van der Waals surface area contributed by atoms with E-state index < -0.39 is 0 Å². The molecule has 0 saturated carbocycles. The Hall–Kier alpha value is -3.08. The lowest BCUT2D eigenvalue weighted by Gasteiger charge is -2.19. The molecule has 0 aliphatic heterocycles. The summed E-state index contributed by atoms with van der Waals surface area (Å²) in [6.45, 7) is 1.90. The smallest absolute Gasteiger partial charge is 0.142 e. The van der Waals surface area contributed by atoms with E-state index in [2.05, 4.69) is 5.10 Å². The maximum absolute atomic E-state index is 6.64. The minimum atomic E-state index is 0.459. The largest absolute Gasteiger partial charge is 0.234 e. The fraction of sp³-hybridized carbons (Fsp3) is 0.0435. The molecule has 0 aliphatic carbocycles. The molecule has 1 heterocycles. The van der Waals surface area contributed by atoms with Gasteiger partial charge in [0.1, 0.15) is 5.15 Å². The van der Waals surface area contributed by atoms with Gasteiger partial charge in [-0.1, -0.05) is 71.7 Å². The zero-order valence-electron chi connectivity index (χ0n) is 15.7. The second-order valence-electron chi connectivity index (χ2n) is 6.38. The highest BCUT2D eigenvalue weighted by Gasteiger charge is 2.16. The Morgan fingerprint density at radius 3 is 1.97 bits per heavy atom. The van der Waals surface area contributed by atoms with E-state index in [9.17, 15) is 0 Å². The lowest BCUT2D eigenvalue weighted by Crippen LogP contribution is -2.09. The number of aromatic nitrogens is 2. The first-order valence-corrected chi connectivity index (χ1v) is 9.85. The van der Waals surface area contributed by atoms with E-state index in [1.807, 2.05) is 96.9 Å². The van der Waals surface area contributed by atoms with E-state index in [0.717, 1.165) is 28.3 Å². The molecule has 0 bridgehead atoms. The second kappa shape index (κ2) is 8.52. The summed E-state index contributed by atoms with van der Waals surface area (Å²) < 4.78 is 1.63. The monoisotopic (exact) mass is 420 g/mol. The molecule has 0 unspecified atom stereocenters. The summed E-state index contributed by atoms with van der Waals surface area (Å²) >= 11 is 13.0. The number of hydrogen-bond acceptors (Lipinski definition) is 3. The molecule has 0 atom stereocenters. The summed E-state index contributed by atoms with van der Waals surface area (Å²) in [6, 6.07) is 27.4. The lowest BCUT2D eigenvalue weighted by molar-refractivity contribution is 0.863. The summed E-state index contributed by atoms with van der Waals surface area (Å²) in [5, 5.41) is 12.2. The Kier molecular flexibility index (Phi) is 5.65. The first kappa shape index (κ1) is 19.2. The Morgan fingerprint density at radius 2 is 1.38 bits per heavy atom. The van der Waals surface area contributed by atoms with Crippen LogP contribution in [0.25, 0.3) is 5.69 Å². The van der Waals surface area contributed by atoms with Crippen LogP contribution < -0.4 is 5.01 Å². The number of rotatable bonds is 5. The number of para-hydroxylation sites is 3. The fourth-order valence-electron chi connectivity index (χ4n) is 2.98. The van der Waals surface area contributed by atoms with Crippen molar-refractivity contribution in [3.63, 3.8) is 0 Å². The molecular weight excluding hydrogens is 403 g/mol. The van der Waals surface area contributed by atoms with Crippen molar-refractivity contribution in [2.45, 2.75) is 6.92 Å². The molecule has 1 aromatic heterocycles. The van der Waals surface area contributed by atoms with Crippen molar-refractivity contribution < 1.29 is 0 Å². The summed E-state index contributed by atoms with van der Waals surface area (Å²) in [6.07, 6.45) is 1.73. The van der Waals surface area contributed by atoms with E-state index >= 15 is 0 Å². The normalized spacial score (nSPS) is 11.1. The van der Waals surface area contributed by atoms with Crippen molar-refractivity contribution in [2.75, 3.05) is 5.01 Å². The van der Waals surface area contributed by atoms with Crippen molar-refractivity contribution in [1.29, 1.82) is 0 Å². The van der Waals surface area contributed by atoms with Gasteiger partial charge in [0.15, 0.2) is 0 Å². The quantitative estimate of drug-likeness (QED) is 0.267. The first-order valence-electron chi connectivity index (χ1n) is 9.09. The third kappa shape index (κ3) is 4.04. The minimum absolute atomic E-state index is 0.459. The molecule has 0 fully saturated rings. The fourth-order valence-corrected chi connectivity index (χ4v) is 3.51. The molecule has 29 heavy (non-hydrogen) atoms. The Bertz CT molecular complexity index is 1100. The van der Waals surface area contributed by atoms with Crippen molar-refractivity contribution in [3.8, 4) is 5.69 Å². The van der Waals surface area contributed by atoms with Gasteiger partial charge in [0.05, 0.1) is 39.6 Å². The number of benzene rings is 3. The molecule has 0 spiro atoms. The highest BCUT2D eigenvalue weighted by Crippen LogP contribution is 2.28. The third-order valence-electron chi connectivity index (χ3n) is 4.43. The average Bonchev–Trinajstić information content (AvgIpc) is 3.04. The number of halogens is 2. The number of anilines is 2. The number of nitrogens with zero attached hydrogens (tertiary/aromatic N) is 4. The maximum atomic E-state index is 6.64. The molecule has 0 saturated heterocycles. The molecule has 4 nitrogen and oxygen atoms in total. The van der Waals surface area contributed by atoms with Gasteiger partial charge in [0.2, 0.25) is 0 Å². The summed E-state index contributed by atoms with van der Waals surface area (Å²) in [4.78, 5) is 0. The van der Waals surface area contributed by atoms with Gasteiger partial charge in [0, 0.05) is 0 Å². The average molecular weight is 421 g/mol. The number of hydrazone groups is 1. The molecular formula is C23H18Cl2N4. The Morgan fingerprint density at radius 1 is 0.828 bits per heavy atom. The van der Waals surface area contributed by atoms with Gasteiger partial charge in [0.25, 0.3) is 0 Å². The van der Waals surface area contributed by atoms with Crippen LogP contribution in [0.1, 0.15) is 11.3 Å². The predicted octanol–water partition coefficient (Wildman–Crippen LogP) is 6.66. The zero-order chi connectivity index (χ0) is 20.2. The highest BCUT2D eigenvalue weighted by molar-refractivity contribution is 6.34. The van der Waals surface area contributed by atoms with Crippen LogP contribution in [0.15, 0.2) is 90.0 Å². The first-order chi connectivity index (χ1) is 14.1. The van der Waals surface area contributed by atoms with Crippen molar-refractivity contribution in [3.05, 3.63) is 106 Å². The summed E-state index contributed by atoms with van der Waals surface area (Å²) in [7, 11) is 0. The van der Waals surface area contributed by atoms with Crippen molar-refractivity contribution in [1.82, 2.24) is 9.78 Å². The second-order valence-corrected chi connectivity index (χ2v) is 7.15. The topological polar surface area (TPSA) is 33.4 Å². The maximum Gasteiger partial charge on any atom is 0.142 e. The van der Waals surface area contributed by atoms with E-state index in [1.165, 1.54) is 0 Å². The summed E-state index contributed by atoms with van der Waals surface area (Å²) in [5.74, 6) is 0. The third-order valence-corrected chi connectivity index (χ3v) is 5.12. The van der Waals surface area contributed by atoms with E-state index in [-0.39, 0.29) is 0 Å². The molecule has 4 aromatic rings. The van der Waals surface area contributed by atoms with Crippen LogP contribution >= 0.6 is 23.2 Å². The highest BCUT2D eigenvalue weighted by atomic mass is 35.5. The van der Waals surface area contributed by atoms with Crippen LogP contribution in [0.3, 0.4) is 0 Å². The number of aryl methyl sites for hydroxylation is 1. The molecule has 4 rings (SSSR count). The standard InChI is InChI=1S/C23H18Cl2N4/c1-17-20(23(25)29(27-17)22-15-9-8-14-21(22)24)16-26-28(18-10-4-2-5-11-18)19-12-6-3-7-13-19/h2-16H,1H3. The Labute approximate surface area is 179 Å². The van der Waals surface area contributed by atoms with Crippen LogP contribution in [-0.4, -0.2) is 16.0 Å². The van der Waals surface area contributed by atoms with Crippen molar-refractivity contribution in [2.24, 2.45) is 5.10 Å². The Balaban J connectivity index is 1.75. The molecule has 0 amide bonds. The molecule has 0 radical (unpaired) electrons. The van der Waals surface area contributed by atoms with Crippen LogP contribution in [0.2, 0.25) is 10.2 Å². The molecule has 144 valence electrons. The lowest BCUT2D eigenvalue weighted by atomic mass is 10.2. The minimum Gasteiger partial charge on any atom is -0.234 e. The van der Waals surface area contributed by atoms with Gasteiger partial charge < -0.3 is 0 Å². The van der Waals surface area contributed by atoms with Gasteiger partial charge in [-0.25, -0.2) is 9.69 Å². The van der Waals surface area contributed by atoms with Gasteiger partial charge in [-0.05, 0) is 43.3 Å². The van der Waals surface area contributed by atoms with E-state index in [4.69, 9.17) is 28.3 Å². The van der Waals surface area contributed by atoms with Crippen LogP contribution in [0.4, 0.5) is 11.4 Å². The van der Waals surface area contributed by atoms with Crippen LogP contribution in [0, 0.1) is 6.92 Å². The van der Waals surface area contributed by atoms with Crippen LogP contribution in [-0.2, 0) is 0 Å². The molecule has 6 heteroatoms. The van der Waals surface area contributed by atoms with E-state index in [0.29, 0.717) is 10.2 Å². The summed E-state index contributed by atoms with van der Waals surface area (Å²) in [5.41, 5.74) is 4.12. The number of hydrogen-bond donors (Lipinski definition) is 0. The zero-order valence-corrected chi connectivity index (χ0v) is 17.2. The van der Waals surface area contributed by atoms with Gasteiger partial charge in [-0.3, -0.25) is 0 Å². The molecule has 3 aromatic carbocycles. The molecule has 0 N–H and O–H groups in total. The molecule has 0 aliphatic rings. The van der Waals surface area contributed by atoms with E-state index in [1.54, 1.807) is 10.9 Å².